The highest BCUT2D eigenvalue weighted by Crippen LogP contribution is 2.38. The quantitative estimate of drug-likeness (QED) is 0.488. The number of aromatic nitrogens is 2. The number of halogens is 3. The zero-order valence-electron chi connectivity index (χ0n) is 10.6. The lowest BCUT2D eigenvalue weighted by molar-refractivity contribution is -0.388. The third-order valence-electron chi connectivity index (χ3n) is 2.46. The van der Waals surface area contributed by atoms with Crippen molar-refractivity contribution in [3.05, 3.63) is 51.8 Å². The molecular weight excluding hydrogens is 307 g/mol. The topological polar surface area (TPSA) is 68.9 Å². The standard InChI is InChI=1S/C12H8F3N3O2S/c1-7-4-5-16-11(17-7)21-10-3-2-8(12(13,14)15)6-9(10)18(19)20/h2-6H,1H3. The number of nitro benzene ring substituents is 1. The van der Waals surface area contributed by atoms with Gasteiger partial charge in [-0.1, -0.05) is 0 Å². The van der Waals surface area contributed by atoms with Crippen molar-refractivity contribution in [1.82, 2.24) is 9.97 Å². The molecule has 1 aromatic carbocycles. The molecule has 0 spiro atoms. The summed E-state index contributed by atoms with van der Waals surface area (Å²) in [6, 6.07) is 4.01. The average molecular weight is 315 g/mol. The Bertz CT molecular complexity index is 692. The van der Waals surface area contributed by atoms with Gasteiger partial charge in [0.25, 0.3) is 5.69 Å². The van der Waals surface area contributed by atoms with Crippen LogP contribution in [0.15, 0.2) is 40.5 Å². The van der Waals surface area contributed by atoms with Crippen LogP contribution in [0.4, 0.5) is 18.9 Å². The number of aryl methyl sites for hydroxylation is 1. The minimum absolute atomic E-state index is 0.0543. The number of hydrogen-bond donors (Lipinski definition) is 0. The van der Waals surface area contributed by atoms with Crippen molar-refractivity contribution in [3.63, 3.8) is 0 Å². The molecule has 0 unspecified atom stereocenters. The second kappa shape index (κ2) is 5.68. The normalized spacial score (nSPS) is 11.4. The molecule has 9 heteroatoms. The fourth-order valence-corrected chi connectivity index (χ4v) is 2.37. The van der Waals surface area contributed by atoms with Gasteiger partial charge in [-0.05, 0) is 36.9 Å². The van der Waals surface area contributed by atoms with Crippen molar-refractivity contribution in [2.45, 2.75) is 23.2 Å². The molecule has 2 aromatic rings. The van der Waals surface area contributed by atoms with Crippen LogP contribution in [0.1, 0.15) is 11.3 Å². The molecule has 0 radical (unpaired) electrons. The minimum atomic E-state index is -4.63. The van der Waals surface area contributed by atoms with Gasteiger partial charge in [0.1, 0.15) is 0 Å². The van der Waals surface area contributed by atoms with Crippen LogP contribution in [-0.4, -0.2) is 14.9 Å². The molecule has 2 rings (SSSR count). The van der Waals surface area contributed by atoms with Gasteiger partial charge in [0, 0.05) is 18.0 Å². The van der Waals surface area contributed by atoms with Crippen molar-refractivity contribution in [3.8, 4) is 0 Å². The molecule has 0 aliphatic heterocycles. The maximum atomic E-state index is 12.6. The first-order valence-corrected chi connectivity index (χ1v) is 6.42. The van der Waals surface area contributed by atoms with Crippen molar-refractivity contribution in [1.29, 1.82) is 0 Å². The van der Waals surface area contributed by atoms with Crippen molar-refractivity contribution < 1.29 is 18.1 Å². The van der Waals surface area contributed by atoms with E-state index in [1.807, 2.05) is 0 Å². The molecule has 0 bridgehead atoms. The SMILES string of the molecule is Cc1ccnc(Sc2ccc(C(F)(F)F)cc2[N+](=O)[O-])n1. The molecule has 0 amide bonds. The van der Waals surface area contributed by atoms with Gasteiger partial charge in [-0.3, -0.25) is 10.1 Å². The predicted molar refractivity (Wildman–Crippen MR) is 69.0 cm³/mol. The monoisotopic (exact) mass is 315 g/mol. The fourth-order valence-electron chi connectivity index (χ4n) is 1.50. The molecular formula is C12H8F3N3O2S. The van der Waals surface area contributed by atoms with Crippen LogP contribution >= 0.6 is 11.8 Å². The molecule has 0 N–H and O–H groups in total. The Morgan fingerprint density at radius 1 is 1.29 bits per heavy atom. The molecule has 5 nitrogen and oxygen atoms in total. The Balaban J connectivity index is 2.42. The highest BCUT2D eigenvalue weighted by molar-refractivity contribution is 7.99. The third-order valence-corrected chi connectivity index (χ3v) is 3.40. The molecule has 0 aliphatic carbocycles. The van der Waals surface area contributed by atoms with E-state index in [4.69, 9.17) is 0 Å². The zero-order chi connectivity index (χ0) is 15.6. The van der Waals surface area contributed by atoms with Crippen LogP contribution in [0.5, 0.6) is 0 Å². The predicted octanol–water partition coefficient (Wildman–Crippen LogP) is 3.86. The number of rotatable bonds is 3. The van der Waals surface area contributed by atoms with E-state index in [0.29, 0.717) is 11.8 Å². The first-order valence-electron chi connectivity index (χ1n) is 5.60. The van der Waals surface area contributed by atoms with Gasteiger partial charge in [-0.15, -0.1) is 0 Å². The smallest absolute Gasteiger partial charge is 0.258 e. The van der Waals surface area contributed by atoms with Crippen LogP contribution in [0, 0.1) is 17.0 Å². The lowest BCUT2D eigenvalue weighted by Crippen LogP contribution is -2.06. The molecule has 0 aliphatic rings. The Labute approximate surface area is 121 Å². The summed E-state index contributed by atoms with van der Waals surface area (Å²) in [5, 5.41) is 11.2. The molecule has 21 heavy (non-hydrogen) atoms. The maximum absolute atomic E-state index is 12.6. The van der Waals surface area contributed by atoms with E-state index in [2.05, 4.69) is 9.97 Å². The van der Waals surface area contributed by atoms with Gasteiger partial charge in [0.2, 0.25) is 0 Å². The zero-order valence-corrected chi connectivity index (χ0v) is 11.4. The van der Waals surface area contributed by atoms with Crippen LogP contribution in [-0.2, 0) is 6.18 Å². The van der Waals surface area contributed by atoms with E-state index in [0.717, 1.165) is 23.9 Å². The number of nitrogens with zero attached hydrogens (tertiary/aromatic N) is 3. The molecule has 0 atom stereocenters. The van der Waals surface area contributed by atoms with Gasteiger partial charge in [-0.2, -0.15) is 13.2 Å². The average Bonchev–Trinajstić information content (AvgIpc) is 2.37. The summed E-state index contributed by atoms with van der Waals surface area (Å²) in [4.78, 5) is 18.1. The summed E-state index contributed by atoms with van der Waals surface area (Å²) in [6.07, 6.45) is -3.16. The highest BCUT2D eigenvalue weighted by Gasteiger charge is 2.33. The number of benzene rings is 1. The Morgan fingerprint density at radius 3 is 2.57 bits per heavy atom. The van der Waals surface area contributed by atoms with Gasteiger partial charge in [0.05, 0.1) is 15.4 Å². The lowest BCUT2D eigenvalue weighted by atomic mass is 10.2. The molecule has 1 aromatic heterocycles. The molecule has 0 saturated carbocycles. The summed E-state index contributed by atoms with van der Waals surface area (Å²) in [6.45, 7) is 1.72. The van der Waals surface area contributed by atoms with Crippen LogP contribution in [0.3, 0.4) is 0 Å². The fraction of sp³-hybridized carbons (Fsp3) is 0.167. The van der Waals surface area contributed by atoms with Crippen LogP contribution in [0.2, 0.25) is 0 Å². The molecule has 0 fully saturated rings. The van der Waals surface area contributed by atoms with Crippen LogP contribution in [0.25, 0.3) is 0 Å². The first-order chi connectivity index (χ1) is 9.77. The van der Waals surface area contributed by atoms with E-state index < -0.39 is 22.4 Å². The van der Waals surface area contributed by atoms with Crippen molar-refractivity contribution >= 4 is 17.4 Å². The summed E-state index contributed by atoms with van der Waals surface area (Å²) < 4.78 is 37.8. The van der Waals surface area contributed by atoms with E-state index >= 15 is 0 Å². The summed E-state index contributed by atoms with van der Waals surface area (Å²) in [7, 11) is 0. The highest BCUT2D eigenvalue weighted by atomic mass is 32.2. The van der Waals surface area contributed by atoms with Gasteiger partial charge in [-0.25, -0.2) is 9.97 Å². The number of hydrogen-bond acceptors (Lipinski definition) is 5. The summed E-state index contributed by atoms with van der Waals surface area (Å²) >= 11 is 0.845. The second-order valence-corrected chi connectivity index (χ2v) is 5.03. The van der Waals surface area contributed by atoms with Gasteiger partial charge < -0.3 is 0 Å². The largest absolute Gasteiger partial charge is 0.416 e. The summed E-state index contributed by atoms with van der Waals surface area (Å²) in [5.74, 6) is 0. The van der Waals surface area contributed by atoms with E-state index in [9.17, 15) is 23.3 Å². The number of nitro groups is 1. The lowest BCUT2D eigenvalue weighted by Gasteiger charge is -2.08. The maximum Gasteiger partial charge on any atom is 0.416 e. The van der Waals surface area contributed by atoms with Crippen molar-refractivity contribution in [2.75, 3.05) is 0 Å². The third kappa shape index (κ3) is 3.69. The van der Waals surface area contributed by atoms with Gasteiger partial charge in [0.15, 0.2) is 5.16 Å². The van der Waals surface area contributed by atoms with Crippen LogP contribution < -0.4 is 0 Å². The molecule has 0 saturated heterocycles. The van der Waals surface area contributed by atoms with Gasteiger partial charge >= 0.3 is 6.18 Å². The first kappa shape index (κ1) is 15.2. The Hall–Kier alpha value is -2.16. The number of alkyl halides is 3. The summed E-state index contributed by atoms with van der Waals surface area (Å²) in [5.41, 5.74) is -1.04. The molecule has 110 valence electrons. The van der Waals surface area contributed by atoms with Crippen molar-refractivity contribution in [2.24, 2.45) is 0 Å². The second-order valence-electron chi connectivity index (χ2n) is 4.02. The van der Waals surface area contributed by atoms with E-state index in [-0.39, 0.29) is 10.1 Å². The van der Waals surface area contributed by atoms with E-state index in [1.54, 1.807) is 13.0 Å². The Kier molecular flexibility index (Phi) is 4.12. The Morgan fingerprint density at radius 2 is 2.00 bits per heavy atom. The molecule has 1 heterocycles. The van der Waals surface area contributed by atoms with E-state index in [1.165, 1.54) is 6.20 Å². The minimum Gasteiger partial charge on any atom is -0.258 e.